The van der Waals surface area contributed by atoms with Crippen molar-refractivity contribution in [1.82, 2.24) is 0 Å². The van der Waals surface area contributed by atoms with E-state index in [1.807, 2.05) is 0 Å². The van der Waals surface area contributed by atoms with Crippen molar-refractivity contribution in [2.75, 3.05) is 7.11 Å². The van der Waals surface area contributed by atoms with E-state index in [9.17, 15) is 9.18 Å². The fraction of sp³-hybridized carbons (Fsp3) is 0.200. The molecule has 78 valence electrons. The van der Waals surface area contributed by atoms with Gasteiger partial charge < -0.3 is 4.74 Å². The highest BCUT2D eigenvalue weighted by Crippen LogP contribution is 2.18. The van der Waals surface area contributed by atoms with Crippen LogP contribution in [-0.2, 0) is 10.6 Å². The van der Waals surface area contributed by atoms with Crippen molar-refractivity contribution in [3.63, 3.8) is 0 Å². The third-order valence-corrected chi connectivity index (χ3v) is 2.15. The SMILES string of the molecule is COC(=O)c1cc(F)c(C#N)cc1CCl. The molecular weight excluding hydrogens is 221 g/mol. The van der Waals surface area contributed by atoms with E-state index in [2.05, 4.69) is 4.74 Å². The third kappa shape index (κ3) is 2.25. The Kier molecular flexibility index (Phi) is 3.64. The van der Waals surface area contributed by atoms with Crippen molar-refractivity contribution in [1.29, 1.82) is 5.26 Å². The lowest BCUT2D eigenvalue weighted by molar-refractivity contribution is 0.0599. The first-order chi connectivity index (χ1) is 7.13. The van der Waals surface area contributed by atoms with Crippen LogP contribution in [0.4, 0.5) is 4.39 Å². The van der Waals surface area contributed by atoms with Crippen LogP contribution in [0.2, 0.25) is 0 Å². The van der Waals surface area contributed by atoms with Gasteiger partial charge in [-0.25, -0.2) is 9.18 Å². The normalized spacial score (nSPS) is 9.47. The van der Waals surface area contributed by atoms with Crippen LogP contribution in [0.5, 0.6) is 0 Å². The van der Waals surface area contributed by atoms with E-state index < -0.39 is 11.8 Å². The Morgan fingerprint density at radius 1 is 1.67 bits per heavy atom. The van der Waals surface area contributed by atoms with Gasteiger partial charge in [0.05, 0.1) is 18.2 Å². The number of benzene rings is 1. The van der Waals surface area contributed by atoms with Gasteiger partial charge in [-0.05, 0) is 17.7 Å². The summed E-state index contributed by atoms with van der Waals surface area (Å²) in [4.78, 5) is 11.2. The van der Waals surface area contributed by atoms with Crippen LogP contribution in [0.1, 0.15) is 21.5 Å². The molecule has 0 aromatic heterocycles. The van der Waals surface area contributed by atoms with E-state index in [4.69, 9.17) is 16.9 Å². The lowest BCUT2D eigenvalue weighted by Gasteiger charge is -2.05. The molecule has 0 saturated carbocycles. The number of hydrogen-bond acceptors (Lipinski definition) is 3. The molecule has 0 aliphatic heterocycles. The number of rotatable bonds is 2. The number of halogens is 2. The first-order valence-electron chi connectivity index (χ1n) is 4.00. The van der Waals surface area contributed by atoms with Gasteiger partial charge in [-0.15, -0.1) is 11.6 Å². The molecule has 1 rings (SSSR count). The fourth-order valence-electron chi connectivity index (χ4n) is 1.11. The third-order valence-electron chi connectivity index (χ3n) is 1.86. The van der Waals surface area contributed by atoms with Crippen LogP contribution in [0.3, 0.4) is 0 Å². The molecule has 0 aliphatic carbocycles. The molecule has 1 aromatic rings. The molecule has 0 N–H and O–H groups in total. The summed E-state index contributed by atoms with van der Waals surface area (Å²) in [5.74, 6) is -1.42. The van der Waals surface area contributed by atoms with Gasteiger partial charge in [0.15, 0.2) is 0 Å². The van der Waals surface area contributed by atoms with Crippen molar-refractivity contribution in [2.24, 2.45) is 0 Å². The van der Waals surface area contributed by atoms with E-state index in [-0.39, 0.29) is 17.0 Å². The zero-order valence-corrected chi connectivity index (χ0v) is 8.64. The number of methoxy groups -OCH3 is 1. The Labute approximate surface area is 91.0 Å². The quantitative estimate of drug-likeness (QED) is 0.575. The Morgan fingerprint density at radius 3 is 2.80 bits per heavy atom. The number of nitrogens with zero attached hydrogens (tertiary/aromatic N) is 1. The van der Waals surface area contributed by atoms with Crippen LogP contribution in [0.25, 0.3) is 0 Å². The molecule has 3 nitrogen and oxygen atoms in total. The highest BCUT2D eigenvalue weighted by molar-refractivity contribution is 6.17. The lowest BCUT2D eigenvalue weighted by Crippen LogP contribution is -2.06. The number of ether oxygens (including phenoxy) is 1. The maximum absolute atomic E-state index is 13.2. The molecule has 5 heteroatoms. The van der Waals surface area contributed by atoms with Gasteiger partial charge in [0, 0.05) is 5.88 Å². The van der Waals surface area contributed by atoms with Crippen molar-refractivity contribution >= 4 is 17.6 Å². The molecule has 0 unspecified atom stereocenters. The molecule has 0 atom stereocenters. The number of alkyl halides is 1. The monoisotopic (exact) mass is 227 g/mol. The minimum atomic E-state index is -0.758. The number of hydrogen-bond donors (Lipinski definition) is 0. The fourth-order valence-corrected chi connectivity index (χ4v) is 1.34. The van der Waals surface area contributed by atoms with Crippen LogP contribution < -0.4 is 0 Å². The average Bonchev–Trinajstić information content (AvgIpc) is 2.27. The van der Waals surface area contributed by atoms with E-state index >= 15 is 0 Å². The standard InChI is InChI=1S/C10H7ClFNO2/c1-15-10(14)8-3-9(12)7(5-13)2-6(8)4-11/h2-3H,4H2,1H3. The Hall–Kier alpha value is -1.60. The van der Waals surface area contributed by atoms with Gasteiger partial charge in [0.1, 0.15) is 11.9 Å². The van der Waals surface area contributed by atoms with E-state index in [1.165, 1.54) is 13.2 Å². The van der Waals surface area contributed by atoms with Crippen LogP contribution >= 0.6 is 11.6 Å². The lowest BCUT2D eigenvalue weighted by atomic mass is 10.1. The van der Waals surface area contributed by atoms with Gasteiger partial charge in [-0.1, -0.05) is 0 Å². The molecule has 0 spiro atoms. The Bertz CT molecular complexity index is 440. The Morgan fingerprint density at radius 2 is 2.33 bits per heavy atom. The second-order valence-corrected chi connectivity index (χ2v) is 2.99. The molecule has 1 aromatic carbocycles. The molecule has 0 amide bonds. The minimum Gasteiger partial charge on any atom is -0.465 e. The summed E-state index contributed by atoms with van der Waals surface area (Å²) in [6.07, 6.45) is 0. The summed E-state index contributed by atoms with van der Waals surface area (Å²) in [5, 5.41) is 8.58. The number of carbonyl (C=O) groups is 1. The number of esters is 1. The number of nitriles is 1. The largest absolute Gasteiger partial charge is 0.465 e. The van der Waals surface area contributed by atoms with E-state index in [0.29, 0.717) is 5.56 Å². The average molecular weight is 228 g/mol. The first-order valence-corrected chi connectivity index (χ1v) is 4.54. The number of carbonyl (C=O) groups excluding carboxylic acids is 1. The smallest absolute Gasteiger partial charge is 0.338 e. The van der Waals surface area contributed by atoms with Gasteiger partial charge in [-0.3, -0.25) is 0 Å². The molecule has 0 bridgehead atoms. The van der Waals surface area contributed by atoms with Gasteiger partial charge in [-0.2, -0.15) is 5.26 Å². The summed E-state index contributed by atoms with van der Waals surface area (Å²) < 4.78 is 17.7. The summed E-state index contributed by atoms with van der Waals surface area (Å²) in [7, 11) is 1.19. The van der Waals surface area contributed by atoms with Gasteiger partial charge in [0.25, 0.3) is 0 Å². The van der Waals surface area contributed by atoms with Crippen molar-refractivity contribution < 1.29 is 13.9 Å². The summed E-state index contributed by atoms with van der Waals surface area (Å²) in [5.41, 5.74) is 0.281. The van der Waals surface area contributed by atoms with Gasteiger partial charge >= 0.3 is 5.97 Å². The molecule has 15 heavy (non-hydrogen) atoms. The highest BCUT2D eigenvalue weighted by atomic mass is 35.5. The van der Waals surface area contributed by atoms with Crippen molar-refractivity contribution in [3.05, 3.63) is 34.6 Å². The molecule has 0 aliphatic rings. The van der Waals surface area contributed by atoms with E-state index in [0.717, 1.165) is 6.07 Å². The summed E-state index contributed by atoms with van der Waals surface area (Å²) in [6, 6.07) is 3.87. The van der Waals surface area contributed by atoms with Gasteiger partial charge in [0.2, 0.25) is 0 Å². The molecule has 0 heterocycles. The van der Waals surface area contributed by atoms with Crippen LogP contribution in [0, 0.1) is 17.1 Å². The maximum atomic E-state index is 13.2. The minimum absolute atomic E-state index is 0.0133. The molecule has 0 saturated heterocycles. The predicted octanol–water partition coefficient (Wildman–Crippen LogP) is 2.22. The zero-order valence-electron chi connectivity index (χ0n) is 7.88. The first kappa shape index (κ1) is 11.5. The topological polar surface area (TPSA) is 50.1 Å². The van der Waals surface area contributed by atoms with Crippen molar-refractivity contribution in [3.8, 4) is 6.07 Å². The maximum Gasteiger partial charge on any atom is 0.338 e. The van der Waals surface area contributed by atoms with Crippen molar-refractivity contribution in [2.45, 2.75) is 5.88 Å². The summed E-state index contributed by atoms with van der Waals surface area (Å²) >= 11 is 5.57. The predicted molar refractivity (Wildman–Crippen MR) is 52.0 cm³/mol. The van der Waals surface area contributed by atoms with Crippen LogP contribution in [0.15, 0.2) is 12.1 Å². The second-order valence-electron chi connectivity index (χ2n) is 2.73. The second kappa shape index (κ2) is 4.76. The Balaban J connectivity index is 3.35. The van der Waals surface area contributed by atoms with E-state index in [1.54, 1.807) is 6.07 Å². The highest BCUT2D eigenvalue weighted by Gasteiger charge is 2.15. The zero-order chi connectivity index (χ0) is 11.4. The molecule has 0 fully saturated rings. The van der Waals surface area contributed by atoms with Crippen LogP contribution in [-0.4, -0.2) is 13.1 Å². The summed E-state index contributed by atoms with van der Waals surface area (Å²) in [6.45, 7) is 0. The molecular formula is C10H7ClFNO2. The molecule has 0 radical (unpaired) electrons.